The molecule has 156 valence electrons. The number of rotatable bonds is 5. The molecular weight excluding hydrogens is 360 g/mol. The van der Waals surface area contributed by atoms with Gasteiger partial charge in [-0.05, 0) is 53.7 Å². The second kappa shape index (κ2) is 9.41. The summed E-state index contributed by atoms with van der Waals surface area (Å²) in [5, 5.41) is 4.35. The van der Waals surface area contributed by atoms with Gasteiger partial charge in [0.2, 0.25) is 0 Å². The minimum Gasteiger partial charge on any atom is -0.429 e. The average Bonchev–Trinajstić information content (AvgIpc) is 2.60. The monoisotopic (exact) mass is 392 g/mol. The molecule has 0 amide bonds. The largest absolute Gasteiger partial charge is 0.543 e. The first-order valence-electron chi connectivity index (χ1n) is 9.94. The molecule has 0 saturated heterocycles. The lowest BCUT2D eigenvalue weighted by atomic mass is 9.75. The van der Waals surface area contributed by atoms with Crippen molar-refractivity contribution in [3.8, 4) is 0 Å². The zero-order chi connectivity index (χ0) is 20.9. The Morgan fingerprint density at radius 2 is 1.68 bits per heavy atom. The summed E-state index contributed by atoms with van der Waals surface area (Å²) in [6.45, 7) is 12.6. The van der Waals surface area contributed by atoms with Crippen LogP contribution in [0.4, 0.5) is 4.79 Å². The third kappa shape index (κ3) is 6.23. The van der Waals surface area contributed by atoms with Gasteiger partial charge in [-0.3, -0.25) is 4.89 Å². The molecule has 2 rings (SSSR count). The average molecular weight is 392 g/mol. The highest BCUT2D eigenvalue weighted by Gasteiger charge is 2.34. The predicted molar refractivity (Wildman–Crippen MR) is 104 cm³/mol. The summed E-state index contributed by atoms with van der Waals surface area (Å²) in [6, 6.07) is 6.98. The summed E-state index contributed by atoms with van der Waals surface area (Å²) < 4.78 is 5.40. The standard InChI is InChI=1S/C22H32O6/c1-14(2)18-12-7-15(3)13-19(18)25-21(24)27-28-26-20(23)16-8-10-17(11-9-16)22(4,5)6/h8-11,14-15,18-19H,7,12-13H2,1-6H3. The first-order valence-corrected chi connectivity index (χ1v) is 9.94. The Morgan fingerprint density at radius 3 is 2.25 bits per heavy atom. The highest BCUT2D eigenvalue weighted by Crippen LogP contribution is 2.35. The van der Waals surface area contributed by atoms with Crippen molar-refractivity contribution in [3.63, 3.8) is 0 Å². The normalized spacial score (nSPS) is 22.6. The Morgan fingerprint density at radius 1 is 1.04 bits per heavy atom. The maximum atomic E-state index is 12.0. The van der Waals surface area contributed by atoms with Crippen LogP contribution >= 0.6 is 0 Å². The molecule has 1 saturated carbocycles. The van der Waals surface area contributed by atoms with E-state index in [-0.39, 0.29) is 17.4 Å². The van der Waals surface area contributed by atoms with Crippen LogP contribution in [0.3, 0.4) is 0 Å². The molecule has 28 heavy (non-hydrogen) atoms. The first kappa shape index (κ1) is 22.2. The van der Waals surface area contributed by atoms with E-state index in [1.807, 2.05) is 12.1 Å². The summed E-state index contributed by atoms with van der Waals surface area (Å²) in [4.78, 5) is 32.9. The van der Waals surface area contributed by atoms with Crippen molar-refractivity contribution in [1.82, 2.24) is 0 Å². The molecule has 1 aromatic carbocycles. The van der Waals surface area contributed by atoms with E-state index < -0.39 is 12.1 Å². The Bertz CT molecular complexity index is 659. The van der Waals surface area contributed by atoms with E-state index in [1.54, 1.807) is 12.1 Å². The van der Waals surface area contributed by atoms with Gasteiger partial charge >= 0.3 is 12.1 Å². The number of hydrogen-bond acceptors (Lipinski definition) is 6. The van der Waals surface area contributed by atoms with Crippen LogP contribution in [0, 0.1) is 17.8 Å². The van der Waals surface area contributed by atoms with E-state index in [0.717, 1.165) is 24.8 Å². The van der Waals surface area contributed by atoms with Gasteiger partial charge in [0.1, 0.15) is 6.10 Å². The van der Waals surface area contributed by atoms with E-state index in [4.69, 9.17) is 4.74 Å². The van der Waals surface area contributed by atoms with Crippen LogP contribution in [0.25, 0.3) is 0 Å². The molecule has 6 nitrogen and oxygen atoms in total. The summed E-state index contributed by atoms with van der Waals surface area (Å²) >= 11 is 0. The summed E-state index contributed by atoms with van der Waals surface area (Å²) in [6.07, 6.45) is 1.70. The predicted octanol–water partition coefficient (Wildman–Crippen LogP) is 5.60. The molecule has 1 fully saturated rings. The molecule has 6 heteroatoms. The number of hydrogen-bond donors (Lipinski definition) is 0. The van der Waals surface area contributed by atoms with Crippen molar-refractivity contribution < 1.29 is 29.1 Å². The van der Waals surface area contributed by atoms with Gasteiger partial charge in [-0.15, -0.1) is 0 Å². The fourth-order valence-electron chi connectivity index (χ4n) is 3.62. The minimum atomic E-state index is -0.999. The topological polar surface area (TPSA) is 71.1 Å². The second-order valence-electron chi connectivity index (χ2n) is 9.08. The molecule has 3 atom stereocenters. The molecule has 0 aromatic heterocycles. The molecule has 1 aromatic rings. The molecule has 1 aliphatic carbocycles. The van der Waals surface area contributed by atoms with Crippen molar-refractivity contribution in [3.05, 3.63) is 35.4 Å². The van der Waals surface area contributed by atoms with Gasteiger partial charge < -0.3 is 4.74 Å². The van der Waals surface area contributed by atoms with Crippen molar-refractivity contribution in [2.24, 2.45) is 17.8 Å². The van der Waals surface area contributed by atoms with Gasteiger partial charge in [-0.2, -0.15) is 0 Å². The second-order valence-corrected chi connectivity index (χ2v) is 9.08. The fourth-order valence-corrected chi connectivity index (χ4v) is 3.62. The van der Waals surface area contributed by atoms with E-state index in [1.165, 1.54) is 0 Å². The molecule has 0 bridgehead atoms. The fraction of sp³-hybridized carbons (Fsp3) is 0.636. The van der Waals surface area contributed by atoms with Crippen LogP contribution in [0.1, 0.15) is 76.7 Å². The van der Waals surface area contributed by atoms with Gasteiger partial charge in [0.15, 0.2) is 0 Å². The third-order valence-electron chi connectivity index (χ3n) is 5.41. The molecule has 0 N–H and O–H groups in total. The van der Waals surface area contributed by atoms with Gasteiger partial charge in [0.05, 0.1) is 10.6 Å². The van der Waals surface area contributed by atoms with Crippen LogP contribution in [-0.2, 0) is 25.0 Å². The van der Waals surface area contributed by atoms with Crippen LogP contribution in [0.5, 0.6) is 0 Å². The van der Waals surface area contributed by atoms with Crippen molar-refractivity contribution in [2.45, 2.75) is 72.3 Å². The lowest BCUT2D eigenvalue weighted by Crippen LogP contribution is -2.36. The van der Waals surface area contributed by atoms with Gasteiger partial charge in [0.25, 0.3) is 0 Å². The van der Waals surface area contributed by atoms with Crippen LogP contribution in [-0.4, -0.2) is 18.2 Å². The molecule has 0 aliphatic heterocycles. The van der Waals surface area contributed by atoms with Crippen molar-refractivity contribution >= 4 is 12.1 Å². The smallest absolute Gasteiger partial charge is 0.429 e. The number of carbonyl (C=O) groups is 2. The first-order chi connectivity index (χ1) is 13.1. The Labute approximate surface area is 167 Å². The highest BCUT2D eigenvalue weighted by atomic mass is 17.5. The van der Waals surface area contributed by atoms with Crippen LogP contribution in [0.15, 0.2) is 24.3 Å². The maximum Gasteiger partial charge on any atom is 0.543 e. The minimum absolute atomic E-state index is 0.0176. The molecule has 0 spiro atoms. The number of carbonyl (C=O) groups excluding carboxylic acids is 2. The SMILES string of the molecule is CC1CCC(C(C)C)C(OC(=O)OOOC(=O)c2ccc(C(C)(C)C)cc2)C1. The maximum absolute atomic E-state index is 12.0. The van der Waals surface area contributed by atoms with E-state index in [9.17, 15) is 9.59 Å². The van der Waals surface area contributed by atoms with Crippen molar-refractivity contribution in [2.75, 3.05) is 0 Å². The number of benzene rings is 1. The Balaban J connectivity index is 1.80. The molecule has 0 heterocycles. The third-order valence-corrected chi connectivity index (χ3v) is 5.41. The number of ether oxygens (including phenoxy) is 1. The van der Waals surface area contributed by atoms with E-state index in [2.05, 4.69) is 56.4 Å². The summed E-state index contributed by atoms with van der Waals surface area (Å²) in [5.74, 6) is 0.426. The summed E-state index contributed by atoms with van der Waals surface area (Å²) in [5.41, 5.74) is 1.37. The van der Waals surface area contributed by atoms with E-state index in [0.29, 0.717) is 17.4 Å². The lowest BCUT2D eigenvalue weighted by molar-refractivity contribution is -0.453. The zero-order valence-corrected chi connectivity index (χ0v) is 17.7. The Kier molecular flexibility index (Phi) is 7.47. The van der Waals surface area contributed by atoms with Crippen LogP contribution in [0.2, 0.25) is 0 Å². The van der Waals surface area contributed by atoms with Crippen LogP contribution < -0.4 is 0 Å². The highest BCUT2D eigenvalue weighted by molar-refractivity contribution is 5.88. The van der Waals surface area contributed by atoms with Gasteiger partial charge in [-0.25, -0.2) is 14.5 Å². The molecule has 1 aliphatic rings. The zero-order valence-electron chi connectivity index (χ0n) is 17.7. The summed E-state index contributed by atoms with van der Waals surface area (Å²) in [7, 11) is 0. The molecule has 0 radical (unpaired) electrons. The lowest BCUT2D eigenvalue weighted by Gasteiger charge is -2.36. The van der Waals surface area contributed by atoms with Gasteiger partial charge in [-0.1, -0.05) is 60.1 Å². The van der Waals surface area contributed by atoms with Gasteiger partial charge in [0, 0.05) is 0 Å². The van der Waals surface area contributed by atoms with E-state index >= 15 is 0 Å². The quantitative estimate of drug-likeness (QED) is 0.369. The van der Waals surface area contributed by atoms with Crippen molar-refractivity contribution in [1.29, 1.82) is 0 Å². The molecular formula is C22H32O6. The molecule has 3 unspecified atom stereocenters. The Hall–Kier alpha value is -2.08.